The lowest BCUT2D eigenvalue weighted by atomic mass is 10.1. The Balaban J connectivity index is 1.43. The number of carbonyl (C=O) groups is 2. The number of aromatic nitrogens is 1. The Hall–Kier alpha value is -2.96. The molecule has 0 radical (unpaired) electrons. The first-order valence-corrected chi connectivity index (χ1v) is 13.9. The molecule has 1 aliphatic rings. The highest BCUT2D eigenvalue weighted by Gasteiger charge is 2.27. The van der Waals surface area contributed by atoms with Gasteiger partial charge in [-0.25, -0.2) is 22.2 Å². The van der Waals surface area contributed by atoms with Crippen LogP contribution in [0.2, 0.25) is 0 Å². The minimum absolute atomic E-state index is 0.154. The predicted molar refractivity (Wildman–Crippen MR) is 133 cm³/mol. The van der Waals surface area contributed by atoms with Crippen molar-refractivity contribution in [1.29, 1.82) is 0 Å². The summed E-state index contributed by atoms with van der Waals surface area (Å²) < 4.78 is 54.8. The first kappa shape index (κ1) is 26.1. The van der Waals surface area contributed by atoms with E-state index in [9.17, 15) is 26.8 Å². The topological polar surface area (TPSA) is 108 Å². The summed E-state index contributed by atoms with van der Waals surface area (Å²) in [7, 11) is -3.60. The van der Waals surface area contributed by atoms with E-state index in [1.54, 1.807) is 19.1 Å². The molecule has 12 heteroatoms. The van der Waals surface area contributed by atoms with E-state index < -0.39 is 39.5 Å². The Morgan fingerprint density at radius 3 is 2.44 bits per heavy atom. The number of nitrogens with zero attached hydrogens (tertiary/aromatic N) is 2. The number of sulfonamides is 1. The van der Waals surface area contributed by atoms with Crippen LogP contribution in [0.5, 0.6) is 0 Å². The summed E-state index contributed by atoms with van der Waals surface area (Å²) in [4.78, 5) is 29.7. The number of anilines is 1. The van der Waals surface area contributed by atoms with E-state index in [0.717, 1.165) is 42.7 Å². The number of piperidine rings is 1. The molecule has 0 saturated carbocycles. The molecule has 1 aromatic heterocycles. The Morgan fingerprint density at radius 2 is 1.78 bits per heavy atom. The highest BCUT2D eigenvalue weighted by molar-refractivity contribution is 7.89. The van der Waals surface area contributed by atoms with Gasteiger partial charge in [0.05, 0.1) is 21.5 Å². The summed E-state index contributed by atoms with van der Waals surface area (Å²) in [6, 6.07) is 6.63. The maximum atomic E-state index is 13.4. The van der Waals surface area contributed by atoms with E-state index in [0.29, 0.717) is 29.4 Å². The van der Waals surface area contributed by atoms with Gasteiger partial charge in [-0.15, -0.1) is 0 Å². The SMILES string of the molecule is CCC(NC(=O)Cc1cc(F)cc(F)c1)C(=O)Nc1nc2ccc(S(=O)(=O)N3CCCCC3)cc2s1. The van der Waals surface area contributed by atoms with Crippen molar-refractivity contribution in [1.82, 2.24) is 14.6 Å². The number of fused-ring (bicyclic) bond motifs is 1. The van der Waals surface area contributed by atoms with E-state index in [-0.39, 0.29) is 28.4 Å². The van der Waals surface area contributed by atoms with Gasteiger partial charge in [-0.05, 0) is 55.2 Å². The quantitative estimate of drug-likeness (QED) is 0.455. The zero-order valence-electron chi connectivity index (χ0n) is 19.6. The third kappa shape index (κ3) is 6.05. The predicted octanol–water partition coefficient (Wildman–Crippen LogP) is 3.83. The summed E-state index contributed by atoms with van der Waals surface area (Å²) in [6.45, 7) is 2.72. The molecular weight excluding hydrogens is 510 g/mol. The van der Waals surface area contributed by atoms with Crippen molar-refractivity contribution in [2.24, 2.45) is 0 Å². The maximum Gasteiger partial charge on any atom is 0.248 e. The number of benzene rings is 2. The molecule has 2 amide bonds. The highest BCUT2D eigenvalue weighted by Crippen LogP contribution is 2.30. The zero-order chi connectivity index (χ0) is 25.9. The van der Waals surface area contributed by atoms with Crippen LogP contribution in [0.25, 0.3) is 10.2 Å². The third-order valence-electron chi connectivity index (χ3n) is 5.89. The van der Waals surface area contributed by atoms with Crippen LogP contribution in [0.1, 0.15) is 38.2 Å². The fourth-order valence-electron chi connectivity index (χ4n) is 4.06. The molecule has 2 N–H and O–H groups in total. The van der Waals surface area contributed by atoms with E-state index >= 15 is 0 Å². The second kappa shape index (κ2) is 11.0. The average Bonchev–Trinajstić information content (AvgIpc) is 3.23. The van der Waals surface area contributed by atoms with Gasteiger partial charge in [0.1, 0.15) is 17.7 Å². The molecule has 1 atom stereocenters. The fraction of sp³-hybridized carbons (Fsp3) is 0.375. The van der Waals surface area contributed by atoms with Crippen molar-refractivity contribution in [3.8, 4) is 0 Å². The van der Waals surface area contributed by atoms with Crippen LogP contribution in [0.15, 0.2) is 41.3 Å². The molecule has 192 valence electrons. The molecule has 2 aromatic carbocycles. The minimum atomic E-state index is -3.60. The van der Waals surface area contributed by atoms with Gasteiger partial charge in [-0.3, -0.25) is 9.59 Å². The second-order valence-electron chi connectivity index (χ2n) is 8.59. The van der Waals surface area contributed by atoms with Crippen LogP contribution in [0, 0.1) is 11.6 Å². The Labute approximate surface area is 211 Å². The number of amides is 2. The van der Waals surface area contributed by atoms with Gasteiger partial charge in [0, 0.05) is 19.2 Å². The molecule has 1 unspecified atom stereocenters. The normalized spacial score (nSPS) is 15.5. The standard InChI is InChI=1S/C24H26F2N4O4S2/c1-2-19(27-22(31)12-15-10-16(25)13-17(26)11-15)23(32)29-24-28-20-7-6-18(14-21(20)35-24)36(33,34)30-8-4-3-5-9-30/h6-7,10-11,13-14,19H,2-5,8-9,12H2,1H3,(H,27,31)(H,28,29,32). The molecule has 0 spiro atoms. The van der Waals surface area contributed by atoms with Crippen LogP contribution in [-0.4, -0.2) is 48.7 Å². The molecule has 1 aliphatic heterocycles. The molecule has 0 bridgehead atoms. The first-order valence-electron chi connectivity index (χ1n) is 11.6. The lowest BCUT2D eigenvalue weighted by Crippen LogP contribution is -2.44. The van der Waals surface area contributed by atoms with Crippen molar-refractivity contribution in [3.05, 3.63) is 53.6 Å². The van der Waals surface area contributed by atoms with E-state index in [1.165, 1.54) is 10.4 Å². The summed E-state index contributed by atoms with van der Waals surface area (Å²) in [5.74, 6) is -2.63. The summed E-state index contributed by atoms with van der Waals surface area (Å²) in [5.41, 5.74) is 0.694. The monoisotopic (exact) mass is 536 g/mol. The average molecular weight is 537 g/mol. The van der Waals surface area contributed by atoms with Gasteiger partial charge < -0.3 is 10.6 Å². The van der Waals surface area contributed by atoms with Crippen molar-refractivity contribution < 1.29 is 26.8 Å². The van der Waals surface area contributed by atoms with Gasteiger partial charge >= 0.3 is 0 Å². The van der Waals surface area contributed by atoms with Crippen molar-refractivity contribution in [3.63, 3.8) is 0 Å². The van der Waals surface area contributed by atoms with Crippen LogP contribution in [0.3, 0.4) is 0 Å². The molecule has 1 fully saturated rings. The van der Waals surface area contributed by atoms with Gasteiger partial charge in [0.25, 0.3) is 0 Å². The van der Waals surface area contributed by atoms with E-state index in [4.69, 9.17) is 0 Å². The maximum absolute atomic E-state index is 13.4. The molecular formula is C24H26F2N4O4S2. The van der Waals surface area contributed by atoms with E-state index in [1.807, 2.05) is 0 Å². The third-order valence-corrected chi connectivity index (χ3v) is 8.72. The number of hydrogen-bond donors (Lipinski definition) is 2. The second-order valence-corrected chi connectivity index (χ2v) is 11.6. The van der Waals surface area contributed by atoms with Crippen LogP contribution in [-0.2, 0) is 26.0 Å². The number of hydrogen-bond acceptors (Lipinski definition) is 6. The summed E-state index contributed by atoms with van der Waals surface area (Å²) in [5, 5.41) is 5.50. The Bertz CT molecular complexity index is 1370. The molecule has 0 aliphatic carbocycles. The van der Waals surface area contributed by atoms with Gasteiger partial charge in [0.15, 0.2) is 5.13 Å². The minimum Gasteiger partial charge on any atom is -0.344 e. The van der Waals surface area contributed by atoms with Gasteiger partial charge in [-0.1, -0.05) is 24.7 Å². The molecule has 36 heavy (non-hydrogen) atoms. The Kier molecular flexibility index (Phi) is 7.96. The lowest BCUT2D eigenvalue weighted by Gasteiger charge is -2.25. The van der Waals surface area contributed by atoms with Gasteiger partial charge in [0.2, 0.25) is 21.8 Å². The summed E-state index contributed by atoms with van der Waals surface area (Å²) >= 11 is 1.13. The summed E-state index contributed by atoms with van der Waals surface area (Å²) in [6.07, 6.45) is 2.69. The molecule has 8 nitrogen and oxygen atoms in total. The number of rotatable bonds is 8. The zero-order valence-corrected chi connectivity index (χ0v) is 21.2. The molecule has 1 saturated heterocycles. The number of nitrogens with one attached hydrogen (secondary N) is 2. The lowest BCUT2D eigenvalue weighted by molar-refractivity contribution is -0.126. The van der Waals surface area contributed by atoms with Crippen LogP contribution >= 0.6 is 11.3 Å². The number of carbonyl (C=O) groups excluding carboxylic acids is 2. The van der Waals surface area contributed by atoms with Crippen molar-refractivity contribution in [2.45, 2.75) is 50.0 Å². The largest absolute Gasteiger partial charge is 0.344 e. The van der Waals surface area contributed by atoms with Crippen LogP contribution in [0.4, 0.5) is 13.9 Å². The first-order chi connectivity index (χ1) is 17.2. The molecule has 2 heterocycles. The highest BCUT2D eigenvalue weighted by atomic mass is 32.2. The van der Waals surface area contributed by atoms with Gasteiger partial charge in [-0.2, -0.15) is 4.31 Å². The van der Waals surface area contributed by atoms with Crippen molar-refractivity contribution in [2.75, 3.05) is 18.4 Å². The molecule has 3 aromatic rings. The Morgan fingerprint density at radius 1 is 1.08 bits per heavy atom. The fourth-order valence-corrected chi connectivity index (χ4v) is 6.59. The van der Waals surface area contributed by atoms with Crippen molar-refractivity contribution >= 4 is 48.5 Å². The number of thiazole rings is 1. The van der Waals surface area contributed by atoms with Crippen LogP contribution < -0.4 is 10.6 Å². The number of halogens is 2. The molecule has 4 rings (SSSR count). The smallest absolute Gasteiger partial charge is 0.248 e. The van der Waals surface area contributed by atoms with E-state index in [2.05, 4.69) is 15.6 Å².